The molecule has 0 aromatic heterocycles. The molecule has 5 heteroatoms. The van der Waals surface area contributed by atoms with Crippen LogP contribution in [0.1, 0.15) is 38.5 Å². The van der Waals surface area contributed by atoms with Crippen molar-refractivity contribution in [2.45, 2.75) is 44.1 Å². The molecule has 5 nitrogen and oxygen atoms in total. The predicted molar refractivity (Wildman–Crippen MR) is 51.3 cm³/mol. The summed E-state index contributed by atoms with van der Waals surface area (Å²) in [4.78, 5) is 22.4. The Hall–Kier alpha value is -1.57. The second-order valence-electron chi connectivity index (χ2n) is 3.73. The Kier molecular flexibility index (Phi) is 3.67. The molecular weight excluding hydrogens is 196 g/mol. The van der Waals surface area contributed by atoms with Crippen molar-refractivity contribution >= 4 is 11.9 Å². The van der Waals surface area contributed by atoms with Gasteiger partial charge in [0.1, 0.15) is 6.42 Å². The van der Waals surface area contributed by atoms with Gasteiger partial charge in [-0.05, 0) is 25.7 Å². The van der Waals surface area contributed by atoms with E-state index in [0.29, 0.717) is 12.8 Å². The minimum atomic E-state index is -1.16. The molecule has 0 aromatic carbocycles. The van der Waals surface area contributed by atoms with Crippen LogP contribution in [0.4, 0.5) is 0 Å². The number of carbonyl (C=O) groups is 2. The fraction of sp³-hybridized carbons (Fsp3) is 0.700. The number of hydrogen-bond donors (Lipinski definition) is 1. The highest BCUT2D eigenvalue weighted by Crippen LogP contribution is 2.31. The van der Waals surface area contributed by atoms with E-state index in [-0.39, 0.29) is 6.42 Å². The van der Waals surface area contributed by atoms with Crippen LogP contribution in [-0.2, 0) is 14.3 Å². The lowest BCUT2D eigenvalue weighted by Gasteiger charge is -2.33. The molecule has 0 aliphatic heterocycles. The highest BCUT2D eigenvalue weighted by molar-refractivity contribution is 5.86. The first-order valence-electron chi connectivity index (χ1n) is 4.99. The van der Waals surface area contributed by atoms with E-state index in [4.69, 9.17) is 15.7 Å². The number of primary amides is 1. The molecule has 0 spiro atoms. The molecule has 1 saturated carbocycles. The van der Waals surface area contributed by atoms with Gasteiger partial charge in [0, 0.05) is 0 Å². The normalized spacial score (nSPS) is 18.9. The highest BCUT2D eigenvalue weighted by Gasteiger charge is 2.41. The Morgan fingerprint density at radius 1 is 1.33 bits per heavy atom. The van der Waals surface area contributed by atoms with Crippen molar-refractivity contribution in [3.63, 3.8) is 0 Å². The van der Waals surface area contributed by atoms with Crippen LogP contribution in [-0.4, -0.2) is 17.5 Å². The fourth-order valence-corrected chi connectivity index (χ4v) is 1.84. The summed E-state index contributed by atoms with van der Waals surface area (Å²) in [5.74, 6) is -1.27. The van der Waals surface area contributed by atoms with E-state index >= 15 is 0 Å². The van der Waals surface area contributed by atoms with Crippen molar-refractivity contribution in [3.05, 3.63) is 0 Å². The molecule has 0 atom stereocenters. The third-order valence-electron chi connectivity index (χ3n) is 2.64. The summed E-state index contributed by atoms with van der Waals surface area (Å²) >= 11 is 0. The number of carbonyl (C=O) groups excluding carboxylic acids is 2. The third kappa shape index (κ3) is 2.69. The van der Waals surface area contributed by atoms with E-state index < -0.39 is 17.5 Å². The Morgan fingerprint density at radius 2 is 1.93 bits per heavy atom. The number of esters is 1. The summed E-state index contributed by atoms with van der Waals surface area (Å²) in [6.45, 7) is 0. The number of ether oxygens (including phenoxy) is 1. The van der Waals surface area contributed by atoms with Gasteiger partial charge in [-0.25, -0.2) is 0 Å². The van der Waals surface area contributed by atoms with Gasteiger partial charge in [-0.1, -0.05) is 6.42 Å². The highest BCUT2D eigenvalue weighted by atomic mass is 16.6. The molecule has 15 heavy (non-hydrogen) atoms. The predicted octanol–water partition coefficient (Wildman–Crippen LogP) is 0.631. The standard InChI is InChI=1S/C10H14N2O3/c11-7-4-8(13)15-10(9(12)14)5-2-1-3-6-10/h1-6H2,(H2,12,14). The Balaban J connectivity index is 2.69. The van der Waals surface area contributed by atoms with Gasteiger partial charge < -0.3 is 10.5 Å². The topological polar surface area (TPSA) is 93.2 Å². The van der Waals surface area contributed by atoms with Gasteiger partial charge in [-0.3, -0.25) is 9.59 Å². The largest absolute Gasteiger partial charge is 0.448 e. The second-order valence-corrected chi connectivity index (χ2v) is 3.73. The van der Waals surface area contributed by atoms with Gasteiger partial charge in [0.25, 0.3) is 5.91 Å². The summed E-state index contributed by atoms with van der Waals surface area (Å²) < 4.78 is 5.04. The van der Waals surface area contributed by atoms with Gasteiger partial charge in [0.15, 0.2) is 5.60 Å². The van der Waals surface area contributed by atoms with E-state index in [1.807, 2.05) is 0 Å². The maximum absolute atomic E-state index is 11.3. The van der Waals surface area contributed by atoms with E-state index in [2.05, 4.69) is 0 Å². The summed E-state index contributed by atoms with van der Waals surface area (Å²) in [6, 6.07) is 1.69. The Morgan fingerprint density at radius 3 is 2.40 bits per heavy atom. The quantitative estimate of drug-likeness (QED) is 0.691. The van der Waals surface area contributed by atoms with Gasteiger partial charge >= 0.3 is 5.97 Å². The van der Waals surface area contributed by atoms with Crippen molar-refractivity contribution in [1.29, 1.82) is 5.26 Å². The van der Waals surface area contributed by atoms with Crippen LogP contribution in [0.2, 0.25) is 0 Å². The summed E-state index contributed by atoms with van der Waals surface area (Å²) in [5, 5.41) is 8.32. The maximum Gasteiger partial charge on any atom is 0.321 e. The lowest BCUT2D eigenvalue weighted by molar-refractivity contribution is -0.170. The van der Waals surface area contributed by atoms with Crippen molar-refractivity contribution in [2.75, 3.05) is 0 Å². The van der Waals surface area contributed by atoms with Crippen LogP contribution in [0.5, 0.6) is 0 Å². The van der Waals surface area contributed by atoms with Gasteiger partial charge in [-0.15, -0.1) is 0 Å². The zero-order valence-corrected chi connectivity index (χ0v) is 8.49. The van der Waals surface area contributed by atoms with Crippen LogP contribution in [0.15, 0.2) is 0 Å². The second kappa shape index (κ2) is 4.78. The van der Waals surface area contributed by atoms with Crippen molar-refractivity contribution < 1.29 is 14.3 Å². The maximum atomic E-state index is 11.3. The molecule has 82 valence electrons. The monoisotopic (exact) mass is 210 g/mol. The number of nitrogens with two attached hydrogens (primary N) is 1. The van der Waals surface area contributed by atoms with Crippen LogP contribution in [0.3, 0.4) is 0 Å². The van der Waals surface area contributed by atoms with Crippen LogP contribution >= 0.6 is 0 Å². The minimum absolute atomic E-state index is 0.338. The minimum Gasteiger partial charge on any atom is -0.448 e. The Labute approximate surface area is 88.2 Å². The van der Waals surface area contributed by atoms with Gasteiger partial charge in [0.2, 0.25) is 0 Å². The third-order valence-corrected chi connectivity index (χ3v) is 2.64. The number of rotatable bonds is 3. The molecule has 0 bridgehead atoms. The molecule has 1 aliphatic rings. The van der Waals surface area contributed by atoms with Crippen LogP contribution in [0, 0.1) is 11.3 Å². The average Bonchev–Trinajstić information content (AvgIpc) is 2.19. The summed E-state index contributed by atoms with van der Waals surface area (Å²) in [7, 11) is 0. The smallest absolute Gasteiger partial charge is 0.321 e. The van der Waals surface area contributed by atoms with E-state index in [1.54, 1.807) is 6.07 Å². The summed E-state index contributed by atoms with van der Waals surface area (Å²) in [5.41, 5.74) is 4.09. The molecule has 1 fully saturated rings. The molecular formula is C10H14N2O3. The zero-order chi connectivity index (χ0) is 11.3. The lowest BCUT2D eigenvalue weighted by Crippen LogP contribution is -2.49. The molecule has 0 saturated heterocycles. The molecule has 2 N–H and O–H groups in total. The van der Waals surface area contributed by atoms with E-state index in [0.717, 1.165) is 19.3 Å². The van der Waals surface area contributed by atoms with Crippen LogP contribution < -0.4 is 5.73 Å². The van der Waals surface area contributed by atoms with E-state index in [9.17, 15) is 9.59 Å². The van der Waals surface area contributed by atoms with Gasteiger partial charge in [0.05, 0.1) is 6.07 Å². The molecule has 1 aliphatic carbocycles. The number of nitriles is 1. The fourth-order valence-electron chi connectivity index (χ4n) is 1.84. The molecule has 0 aromatic rings. The average molecular weight is 210 g/mol. The molecule has 0 radical (unpaired) electrons. The van der Waals surface area contributed by atoms with Crippen molar-refractivity contribution in [3.8, 4) is 6.07 Å². The number of hydrogen-bond acceptors (Lipinski definition) is 4. The van der Waals surface area contributed by atoms with Crippen molar-refractivity contribution in [1.82, 2.24) is 0 Å². The molecule has 1 rings (SSSR count). The number of amides is 1. The Bertz CT molecular complexity index is 300. The zero-order valence-electron chi connectivity index (χ0n) is 8.49. The SMILES string of the molecule is N#CCC(=O)OC1(C(N)=O)CCCCC1. The lowest BCUT2D eigenvalue weighted by atomic mass is 9.84. The number of nitrogens with zero attached hydrogens (tertiary/aromatic N) is 1. The van der Waals surface area contributed by atoms with Gasteiger partial charge in [-0.2, -0.15) is 5.26 Å². The molecule has 0 heterocycles. The van der Waals surface area contributed by atoms with Crippen molar-refractivity contribution in [2.24, 2.45) is 5.73 Å². The first kappa shape index (κ1) is 11.5. The first-order chi connectivity index (χ1) is 7.10. The molecule has 1 amide bonds. The van der Waals surface area contributed by atoms with E-state index in [1.165, 1.54) is 0 Å². The summed E-state index contributed by atoms with van der Waals surface area (Å²) in [6.07, 6.45) is 3.27. The van der Waals surface area contributed by atoms with Crippen LogP contribution in [0.25, 0.3) is 0 Å². The molecule has 0 unspecified atom stereocenters. The first-order valence-corrected chi connectivity index (χ1v) is 4.99.